The topological polar surface area (TPSA) is 54.4 Å². The molecular weight excluding hydrogens is 192 g/mol. The molecule has 1 aromatic heterocycles. The zero-order chi connectivity index (χ0) is 11.1. The molecule has 1 aromatic rings. The lowest BCUT2D eigenvalue weighted by Gasteiger charge is -2.14. The molecule has 4 heteroatoms. The molecule has 0 bridgehead atoms. The van der Waals surface area contributed by atoms with E-state index in [2.05, 4.69) is 10.3 Å². The molecule has 1 rings (SSSR count). The zero-order valence-electron chi connectivity index (χ0n) is 9.23. The summed E-state index contributed by atoms with van der Waals surface area (Å²) in [6.45, 7) is 3.24. The van der Waals surface area contributed by atoms with Gasteiger partial charge < -0.3 is 15.2 Å². The van der Waals surface area contributed by atoms with Crippen molar-refractivity contribution in [2.75, 3.05) is 20.3 Å². The molecule has 0 saturated heterocycles. The van der Waals surface area contributed by atoms with Crippen LogP contribution in [0.15, 0.2) is 18.3 Å². The molecule has 0 spiro atoms. The Balaban J connectivity index is 2.38. The van der Waals surface area contributed by atoms with Crippen LogP contribution in [0.2, 0.25) is 0 Å². The number of methoxy groups -OCH3 is 1. The molecule has 0 aliphatic heterocycles. The van der Waals surface area contributed by atoms with E-state index in [9.17, 15) is 0 Å². The van der Waals surface area contributed by atoms with Crippen LogP contribution in [0.5, 0.6) is 0 Å². The van der Waals surface area contributed by atoms with Gasteiger partial charge in [0.25, 0.3) is 0 Å². The number of hydrogen-bond donors (Lipinski definition) is 2. The van der Waals surface area contributed by atoms with Crippen LogP contribution in [0.25, 0.3) is 0 Å². The van der Waals surface area contributed by atoms with E-state index >= 15 is 0 Å². The lowest BCUT2D eigenvalue weighted by atomic mass is 10.2. The predicted molar refractivity (Wildman–Crippen MR) is 58.6 cm³/mol. The van der Waals surface area contributed by atoms with Gasteiger partial charge >= 0.3 is 0 Å². The molecule has 2 N–H and O–H groups in total. The smallest absolute Gasteiger partial charge is 0.0638 e. The molecule has 1 unspecified atom stereocenters. The highest BCUT2D eigenvalue weighted by molar-refractivity contribution is 5.12. The molecule has 0 aliphatic carbocycles. The average molecular weight is 210 g/mol. The summed E-state index contributed by atoms with van der Waals surface area (Å²) in [7, 11) is 1.62. The summed E-state index contributed by atoms with van der Waals surface area (Å²) < 4.78 is 4.96. The van der Waals surface area contributed by atoms with Gasteiger partial charge in [0, 0.05) is 25.5 Å². The van der Waals surface area contributed by atoms with Crippen molar-refractivity contribution in [2.45, 2.75) is 19.5 Å². The highest BCUT2D eigenvalue weighted by Crippen LogP contribution is 1.99. The molecule has 1 heterocycles. The Hall–Kier alpha value is -0.970. The van der Waals surface area contributed by atoms with Crippen LogP contribution in [-0.4, -0.2) is 36.5 Å². The summed E-state index contributed by atoms with van der Waals surface area (Å²) in [5.74, 6) is 0. The third-order valence-corrected chi connectivity index (χ3v) is 2.16. The Morgan fingerprint density at radius 2 is 2.33 bits per heavy atom. The quantitative estimate of drug-likeness (QED) is 0.717. The van der Waals surface area contributed by atoms with Crippen molar-refractivity contribution in [2.24, 2.45) is 0 Å². The molecule has 0 aromatic carbocycles. The summed E-state index contributed by atoms with van der Waals surface area (Å²) in [5, 5.41) is 12.2. The fraction of sp³-hybridized carbons (Fsp3) is 0.545. The minimum atomic E-state index is -0.0173. The normalized spacial score (nSPS) is 12.7. The van der Waals surface area contributed by atoms with Crippen molar-refractivity contribution in [1.29, 1.82) is 0 Å². The molecule has 0 amide bonds. The molecule has 0 aliphatic rings. The summed E-state index contributed by atoms with van der Waals surface area (Å²) in [6.07, 6.45) is 1.84. The van der Waals surface area contributed by atoms with Crippen molar-refractivity contribution in [3.8, 4) is 0 Å². The maximum Gasteiger partial charge on any atom is 0.0638 e. The van der Waals surface area contributed by atoms with Crippen molar-refractivity contribution in [3.63, 3.8) is 0 Å². The van der Waals surface area contributed by atoms with E-state index in [1.807, 2.05) is 25.3 Å². The maximum atomic E-state index is 9.02. The first-order chi connectivity index (χ1) is 7.26. The first-order valence-electron chi connectivity index (χ1n) is 5.01. The number of ether oxygens (including phenoxy) is 1. The summed E-state index contributed by atoms with van der Waals surface area (Å²) in [4.78, 5) is 4.20. The van der Waals surface area contributed by atoms with Crippen LogP contribution in [0.3, 0.4) is 0 Å². The second-order valence-corrected chi connectivity index (χ2v) is 3.52. The van der Waals surface area contributed by atoms with Crippen molar-refractivity contribution < 1.29 is 9.84 Å². The van der Waals surface area contributed by atoms with Gasteiger partial charge in [0.15, 0.2) is 0 Å². The standard InChI is InChI=1S/C11H18N2O2/c1-9-3-4-10(5-12-9)6-13-11(7-14)8-15-2/h3-5,11,13-14H,6-8H2,1-2H3. The van der Waals surface area contributed by atoms with Gasteiger partial charge in [-0.3, -0.25) is 4.98 Å². The number of aryl methyl sites for hydroxylation is 1. The highest BCUT2D eigenvalue weighted by Gasteiger charge is 2.05. The number of nitrogens with zero attached hydrogens (tertiary/aromatic N) is 1. The van der Waals surface area contributed by atoms with Gasteiger partial charge in [-0.2, -0.15) is 0 Å². The highest BCUT2D eigenvalue weighted by atomic mass is 16.5. The van der Waals surface area contributed by atoms with E-state index in [-0.39, 0.29) is 12.6 Å². The largest absolute Gasteiger partial charge is 0.395 e. The Morgan fingerprint density at radius 3 is 2.87 bits per heavy atom. The molecule has 1 atom stereocenters. The van der Waals surface area contributed by atoms with Gasteiger partial charge in [-0.05, 0) is 18.6 Å². The van der Waals surface area contributed by atoms with Crippen molar-refractivity contribution >= 4 is 0 Å². The van der Waals surface area contributed by atoms with E-state index in [1.54, 1.807) is 7.11 Å². The van der Waals surface area contributed by atoms with Crippen LogP contribution in [-0.2, 0) is 11.3 Å². The van der Waals surface area contributed by atoms with Gasteiger partial charge in [-0.15, -0.1) is 0 Å². The minimum Gasteiger partial charge on any atom is -0.395 e. The number of pyridine rings is 1. The summed E-state index contributed by atoms with van der Waals surface area (Å²) >= 11 is 0. The lowest BCUT2D eigenvalue weighted by Crippen LogP contribution is -2.35. The van der Waals surface area contributed by atoms with Gasteiger partial charge in [0.1, 0.15) is 0 Å². The fourth-order valence-electron chi connectivity index (χ4n) is 1.24. The van der Waals surface area contributed by atoms with Crippen LogP contribution in [0.4, 0.5) is 0 Å². The van der Waals surface area contributed by atoms with Crippen LogP contribution in [0.1, 0.15) is 11.3 Å². The second-order valence-electron chi connectivity index (χ2n) is 3.52. The number of aliphatic hydroxyl groups is 1. The van der Waals surface area contributed by atoms with Crippen LogP contribution < -0.4 is 5.32 Å². The molecule has 0 saturated carbocycles. The predicted octanol–water partition coefficient (Wildman–Crippen LogP) is 0.487. The van der Waals surface area contributed by atoms with Gasteiger partial charge in [0.05, 0.1) is 19.3 Å². The second kappa shape index (κ2) is 6.50. The summed E-state index contributed by atoms with van der Waals surface area (Å²) in [5.41, 5.74) is 2.12. The van der Waals surface area contributed by atoms with Crippen LogP contribution in [0, 0.1) is 6.92 Å². The Labute approximate surface area is 90.3 Å². The average Bonchev–Trinajstić information content (AvgIpc) is 2.26. The first-order valence-corrected chi connectivity index (χ1v) is 5.01. The Bertz CT molecular complexity index is 274. The van der Waals surface area contributed by atoms with Gasteiger partial charge in [-0.25, -0.2) is 0 Å². The van der Waals surface area contributed by atoms with E-state index < -0.39 is 0 Å². The van der Waals surface area contributed by atoms with Crippen LogP contribution >= 0.6 is 0 Å². The van der Waals surface area contributed by atoms with E-state index in [0.717, 1.165) is 11.3 Å². The molecule has 0 radical (unpaired) electrons. The van der Waals surface area contributed by atoms with Crippen molar-refractivity contribution in [1.82, 2.24) is 10.3 Å². The SMILES string of the molecule is COCC(CO)NCc1ccc(C)nc1. The van der Waals surface area contributed by atoms with E-state index in [1.165, 1.54) is 0 Å². The fourth-order valence-corrected chi connectivity index (χ4v) is 1.24. The van der Waals surface area contributed by atoms with Gasteiger partial charge in [0.2, 0.25) is 0 Å². The third kappa shape index (κ3) is 4.38. The maximum absolute atomic E-state index is 9.02. The number of aliphatic hydroxyl groups excluding tert-OH is 1. The lowest BCUT2D eigenvalue weighted by molar-refractivity contribution is 0.128. The van der Waals surface area contributed by atoms with E-state index in [0.29, 0.717) is 13.2 Å². The Morgan fingerprint density at radius 1 is 1.53 bits per heavy atom. The molecule has 84 valence electrons. The number of hydrogen-bond acceptors (Lipinski definition) is 4. The Kier molecular flexibility index (Phi) is 5.25. The first kappa shape index (κ1) is 12.1. The molecule has 15 heavy (non-hydrogen) atoms. The molecular formula is C11H18N2O2. The monoisotopic (exact) mass is 210 g/mol. The summed E-state index contributed by atoms with van der Waals surface area (Å²) in [6, 6.07) is 3.98. The molecule has 4 nitrogen and oxygen atoms in total. The van der Waals surface area contributed by atoms with Gasteiger partial charge in [-0.1, -0.05) is 6.07 Å². The number of aromatic nitrogens is 1. The van der Waals surface area contributed by atoms with E-state index in [4.69, 9.17) is 9.84 Å². The minimum absolute atomic E-state index is 0.0173. The number of nitrogens with one attached hydrogen (secondary N) is 1. The third-order valence-electron chi connectivity index (χ3n) is 2.16. The van der Waals surface area contributed by atoms with Crippen molar-refractivity contribution in [3.05, 3.63) is 29.6 Å². The molecule has 0 fully saturated rings. The zero-order valence-corrected chi connectivity index (χ0v) is 9.23. The number of rotatable bonds is 6.